The van der Waals surface area contributed by atoms with Gasteiger partial charge in [-0.15, -0.1) is 0 Å². The summed E-state index contributed by atoms with van der Waals surface area (Å²) in [5.41, 5.74) is 1.10. The van der Waals surface area contributed by atoms with Crippen molar-refractivity contribution in [2.45, 2.75) is 25.7 Å². The molecule has 2 aliphatic rings. The maximum atomic E-state index is 12.4. The summed E-state index contributed by atoms with van der Waals surface area (Å²) in [4.78, 5) is 24.5. The summed E-state index contributed by atoms with van der Waals surface area (Å²) in [6.45, 7) is 0. The van der Waals surface area contributed by atoms with Gasteiger partial charge in [-0.1, -0.05) is 37.1 Å². The van der Waals surface area contributed by atoms with Crippen molar-refractivity contribution in [1.82, 2.24) is 0 Å². The molecule has 0 unspecified atom stereocenters. The van der Waals surface area contributed by atoms with Crippen LogP contribution in [-0.2, 0) is 0 Å². The Morgan fingerprint density at radius 3 is 2.11 bits per heavy atom. The van der Waals surface area contributed by atoms with Gasteiger partial charge >= 0.3 is 0 Å². The van der Waals surface area contributed by atoms with E-state index in [0.29, 0.717) is 16.7 Å². The molecule has 1 aromatic rings. The molecule has 3 rings (SSSR count). The second kappa shape index (κ2) is 4.09. The summed E-state index contributed by atoms with van der Waals surface area (Å²) >= 11 is 0. The number of carbonyl (C=O) groups excluding carboxylic acids is 2. The molecule has 0 amide bonds. The zero-order chi connectivity index (χ0) is 12.7. The van der Waals surface area contributed by atoms with Crippen LogP contribution in [0.5, 0.6) is 0 Å². The first kappa shape index (κ1) is 11.2. The van der Waals surface area contributed by atoms with Crippen molar-refractivity contribution in [3.63, 3.8) is 0 Å². The smallest absolute Gasteiger partial charge is 0.228 e. The molecule has 92 valence electrons. The van der Waals surface area contributed by atoms with Gasteiger partial charge in [-0.25, -0.2) is 0 Å². The van der Waals surface area contributed by atoms with E-state index in [-0.39, 0.29) is 17.5 Å². The highest BCUT2D eigenvalue weighted by Gasteiger charge is 2.36. The van der Waals surface area contributed by atoms with Crippen LogP contribution in [-0.4, -0.2) is 16.7 Å². The predicted molar refractivity (Wildman–Crippen MR) is 66.7 cm³/mol. The van der Waals surface area contributed by atoms with E-state index < -0.39 is 5.78 Å². The number of hydrogen-bond acceptors (Lipinski definition) is 3. The minimum atomic E-state index is -0.410. The van der Waals surface area contributed by atoms with Crippen molar-refractivity contribution in [3.8, 4) is 0 Å². The first-order chi connectivity index (χ1) is 8.70. The van der Waals surface area contributed by atoms with E-state index in [1.165, 1.54) is 0 Å². The molecule has 1 fully saturated rings. The molecule has 18 heavy (non-hydrogen) atoms. The van der Waals surface area contributed by atoms with Gasteiger partial charge < -0.3 is 5.11 Å². The highest BCUT2D eigenvalue weighted by atomic mass is 16.3. The van der Waals surface area contributed by atoms with Gasteiger partial charge in [0.15, 0.2) is 11.5 Å². The van der Waals surface area contributed by atoms with Crippen LogP contribution in [0.3, 0.4) is 0 Å². The van der Waals surface area contributed by atoms with Gasteiger partial charge in [0.2, 0.25) is 5.78 Å². The Balaban J connectivity index is 2.13. The lowest BCUT2D eigenvalue weighted by Crippen LogP contribution is -2.25. The van der Waals surface area contributed by atoms with Gasteiger partial charge in [0.05, 0.1) is 0 Å². The Bertz CT molecular complexity index is 563. The summed E-state index contributed by atoms with van der Waals surface area (Å²) < 4.78 is 0. The molecular weight excluding hydrogens is 228 g/mol. The summed E-state index contributed by atoms with van der Waals surface area (Å²) in [7, 11) is 0. The molecule has 3 heteroatoms. The van der Waals surface area contributed by atoms with Crippen molar-refractivity contribution < 1.29 is 14.7 Å². The van der Waals surface area contributed by atoms with Crippen LogP contribution in [0.1, 0.15) is 46.4 Å². The van der Waals surface area contributed by atoms with Crippen LogP contribution in [0.25, 0.3) is 0 Å². The van der Waals surface area contributed by atoms with Crippen LogP contribution >= 0.6 is 0 Å². The summed E-state index contributed by atoms with van der Waals surface area (Å²) in [5, 5.41) is 10.0. The van der Waals surface area contributed by atoms with Gasteiger partial charge in [0.25, 0.3) is 0 Å². The van der Waals surface area contributed by atoms with Gasteiger partial charge in [-0.2, -0.15) is 0 Å². The van der Waals surface area contributed by atoms with E-state index >= 15 is 0 Å². The second-order valence-corrected chi connectivity index (χ2v) is 4.95. The monoisotopic (exact) mass is 242 g/mol. The highest BCUT2D eigenvalue weighted by molar-refractivity contribution is 6.26. The number of fused-ring (bicyclic) bond motifs is 1. The lowest BCUT2D eigenvalue weighted by molar-refractivity contribution is 0.0919. The zero-order valence-electron chi connectivity index (χ0n) is 9.98. The minimum Gasteiger partial charge on any atom is -0.504 e. The topological polar surface area (TPSA) is 54.4 Å². The third-order valence-corrected chi connectivity index (χ3v) is 3.89. The number of benzene rings is 1. The molecule has 2 aliphatic carbocycles. The van der Waals surface area contributed by atoms with Crippen LogP contribution in [0.4, 0.5) is 0 Å². The zero-order valence-corrected chi connectivity index (χ0v) is 9.98. The average molecular weight is 242 g/mol. The first-order valence-corrected chi connectivity index (χ1v) is 6.31. The molecule has 1 N–H and O–H groups in total. The summed E-state index contributed by atoms with van der Waals surface area (Å²) in [6.07, 6.45) is 3.90. The maximum absolute atomic E-state index is 12.4. The van der Waals surface area contributed by atoms with Crippen LogP contribution in [0, 0.1) is 5.92 Å². The normalized spacial score (nSPS) is 20.4. The predicted octanol–water partition coefficient (Wildman–Crippen LogP) is 3.07. The number of rotatable bonds is 1. The van der Waals surface area contributed by atoms with E-state index in [4.69, 9.17) is 0 Å². The van der Waals surface area contributed by atoms with Gasteiger partial charge in [0.1, 0.15) is 0 Å². The quantitative estimate of drug-likeness (QED) is 0.823. The molecule has 0 radical (unpaired) electrons. The van der Waals surface area contributed by atoms with Crippen molar-refractivity contribution >= 4 is 11.6 Å². The number of aliphatic hydroxyl groups is 1. The van der Waals surface area contributed by atoms with Gasteiger partial charge in [0, 0.05) is 16.7 Å². The third kappa shape index (κ3) is 1.50. The minimum absolute atomic E-state index is 0.0507. The maximum Gasteiger partial charge on any atom is 0.228 e. The molecule has 0 spiro atoms. The van der Waals surface area contributed by atoms with Gasteiger partial charge in [-0.05, 0) is 18.8 Å². The number of hydrogen-bond donors (Lipinski definition) is 1. The fraction of sp³-hybridized carbons (Fsp3) is 0.333. The molecular formula is C15H14O3. The average Bonchev–Trinajstić information content (AvgIpc) is 2.90. The molecule has 1 aromatic carbocycles. The lowest BCUT2D eigenvalue weighted by atomic mass is 9.81. The van der Waals surface area contributed by atoms with E-state index in [2.05, 4.69) is 0 Å². The van der Waals surface area contributed by atoms with Crippen LogP contribution < -0.4 is 0 Å². The summed E-state index contributed by atoms with van der Waals surface area (Å²) in [5.74, 6) is -0.859. The number of ketones is 2. The summed E-state index contributed by atoms with van der Waals surface area (Å²) in [6, 6.07) is 6.71. The van der Waals surface area contributed by atoms with E-state index in [9.17, 15) is 14.7 Å². The van der Waals surface area contributed by atoms with E-state index in [1.54, 1.807) is 24.3 Å². The fourth-order valence-electron chi connectivity index (χ4n) is 2.97. The molecule has 0 bridgehead atoms. The van der Waals surface area contributed by atoms with Crippen LogP contribution in [0.15, 0.2) is 35.6 Å². The molecule has 0 atom stereocenters. The molecule has 3 nitrogen and oxygen atoms in total. The fourth-order valence-corrected chi connectivity index (χ4v) is 2.97. The SMILES string of the molecule is O=C1C(O)=C(C2CCCC2)C(=O)c2ccccc21. The number of allylic oxidation sites excluding steroid dienone is 2. The molecule has 0 saturated heterocycles. The Labute approximate surface area is 105 Å². The largest absolute Gasteiger partial charge is 0.504 e. The van der Waals surface area contributed by atoms with Crippen molar-refractivity contribution in [3.05, 3.63) is 46.7 Å². The first-order valence-electron chi connectivity index (χ1n) is 6.31. The second-order valence-electron chi connectivity index (χ2n) is 4.95. The molecule has 0 aromatic heterocycles. The molecule has 1 saturated carbocycles. The van der Waals surface area contributed by atoms with E-state index in [0.717, 1.165) is 25.7 Å². The lowest BCUT2D eigenvalue weighted by Gasteiger charge is -2.21. The van der Waals surface area contributed by atoms with Crippen molar-refractivity contribution in [2.24, 2.45) is 5.92 Å². The van der Waals surface area contributed by atoms with Crippen LogP contribution in [0.2, 0.25) is 0 Å². The van der Waals surface area contributed by atoms with Crippen molar-refractivity contribution in [1.29, 1.82) is 0 Å². The Morgan fingerprint density at radius 1 is 0.944 bits per heavy atom. The van der Waals surface area contributed by atoms with E-state index in [1.807, 2.05) is 0 Å². The van der Waals surface area contributed by atoms with Crippen molar-refractivity contribution in [2.75, 3.05) is 0 Å². The number of Topliss-reactive ketones (excluding diaryl/α,β-unsaturated/α-hetero) is 2. The number of carbonyl (C=O) groups is 2. The number of aliphatic hydroxyl groups excluding tert-OH is 1. The third-order valence-electron chi connectivity index (χ3n) is 3.89. The standard InChI is InChI=1S/C15H14O3/c16-13-10-7-3-4-8-11(10)14(17)15(18)12(13)9-5-1-2-6-9/h3-4,7-9,18H,1-2,5-6H2. The highest BCUT2D eigenvalue weighted by Crippen LogP contribution is 2.37. The Hall–Kier alpha value is -1.90. The molecule has 0 aliphatic heterocycles. The molecule has 0 heterocycles. The Morgan fingerprint density at radius 2 is 1.50 bits per heavy atom. The Kier molecular flexibility index (Phi) is 2.54. The van der Waals surface area contributed by atoms with Gasteiger partial charge in [-0.3, -0.25) is 9.59 Å².